The number of hydrogen-bond acceptors (Lipinski definition) is 2. The topological polar surface area (TPSA) is 21.3 Å². The molecule has 0 heterocycles. The summed E-state index contributed by atoms with van der Waals surface area (Å²) >= 11 is 0. The van der Waals surface area contributed by atoms with Crippen molar-refractivity contribution in [3.8, 4) is 0 Å². The molecule has 0 aromatic heterocycles. The first-order chi connectivity index (χ1) is 10.2. The van der Waals surface area contributed by atoms with Gasteiger partial charge in [-0.1, -0.05) is 32.1 Å². The van der Waals surface area contributed by atoms with Crippen molar-refractivity contribution < 1.29 is 9.13 Å². The fraction of sp³-hybridized carbons (Fsp3) is 0.556. The second-order valence-electron chi connectivity index (χ2n) is 5.90. The van der Waals surface area contributed by atoms with E-state index in [9.17, 15) is 4.39 Å². The van der Waals surface area contributed by atoms with Crippen molar-refractivity contribution in [2.75, 3.05) is 13.2 Å². The second-order valence-corrected chi connectivity index (χ2v) is 5.90. The van der Waals surface area contributed by atoms with Crippen LogP contribution in [0.1, 0.15) is 37.8 Å². The van der Waals surface area contributed by atoms with Crippen LogP contribution < -0.4 is 5.32 Å². The molecule has 2 nitrogen and oxygen atoms in total. The molecule has 0 radical (unpaired) electrons. The van der Waals surface area contributed by atoms with E-state index in [4.69, 9.17) is 4.74 Å². The lowest BCUT2D eigenvalue weighted by atomic mass is 9.85. The number of ether oxygens (including phenoxy) is 1. The number of rotatable bonds is 7. The lowest BCUT2D eigenvalue weighted by molar-refractivity contribution is 0.0664. The molecule has 0 bridgehead atoms. The quantitative estimate of drug-likeness (QED) is 0.765. The van der Waals surface area contributed by atoms with E-state index in [1.54, 1.807) is 0 Å². The fourth-order valence-corrected chi connectivity index (χ4v) is 2.68. The third kappa shape index (κ3) is 4.94. The molecule has 116 valence electrons. The van der Waals surface area contributed by atoms with Gasteiger partial charge in [0.15, 0.2) is 0 Å². The van der Waals surface area contributed by atoms with Gasteiger partial charge < -0.3 is 10.1 Å². The van der Waals surface area contributed by atoms with Crippen LogP contribution >= 0.6 is 0 Å². The summed E-state index contributed by atoms with van der Waals surface area (Å²) in [7, 11) is 0. The van der Waals surface area contributed by atoms with Gasteiger partial charge in [-0.15, -0.1) is 0 Å². The number of hydrogen-bond donors (Lipinski definition) is 1. The zero-order valence-corrected chi connectivity index (χ0v) is 13.1. The Morgan fingerprint density at radius 2 is 2.10 bits per heavy atom. The maximum absolute atomic E-state index is 13.8. The van der Waals surface area contributed by atoms with Crippen molar-refractivity contribution in [1.29, 1.82) is 0 Å². The van der Waals surface area contributed by atoms with E-state index in [0.29, 0.717) is 30.6 Å². The molecule has 0 spiro atoms. The molecule has 1 aliphatic carbocycles. The van der Waals surface area contributed by atoms with Crippen molar-refractivity contribution in [2.24, 2.45) is 11.8 Å². The summed E-state index contributed by atoms with van der Waals surface area (Å²) in [5.41, 5.74) is 1.76. The normalized spacial score (nSPS) is 21.7. The standard InChI is InChI=1S/C18H26FNO/c1-3-20-11-15-8-9-18(19)17(10-15)13-21-12-16-7-5-4-6-14(16)2/h4-5,8-10,14,16,20H,3,6-7,11-13H2,1-2H3. The van der Waals surface area contributed by atoms with E-state index in [1.165, 1.54) is 6.07 Å². The van der Waals surface area contributed by atoms with Gasteiger partial charge in [0.05, 0.1) is 13.2 Å². The van der Waals surface area contributed by atoms with Crippen LogP contribution in [-0.2, 0) is 17.9 Å². The van der Waals surface area contributed by atoms with E-state index in [0.717, 1.165) is 31.5 Å². The van der Waals surface area contributed by atoms with E-state index in [-0.39, 0.29) is 5.82 Å². The van der Waals surface area contributed by atoms with Gasteiger partial charge in [-0.05, 0) is 48.9 Å². The average Bonchev–Trinajstić information content (AvgIpc) is 2.49. The predicted molar refractivity (Wildman–Crippen MR) is 84.5 cm³/mol. The summed E-state index contributed by atoms with van der Waals surface area (Å²) in [6, 6.07) is 5.27. The van der Waals surface area contributed by atoms with Gasteiger partial charge >= 0.3 is 0 Å². The molecule has 2 atom stereocenters. The highest BCUT2D eigenvalue weighted by molar-refractivity contribution is 5.24. The van der Waals surface area contributed by atoms with Crippen LogP contribution in [0.2, 0.25) is 0 Å². The molecule has 0 fully saturated rings. The molecule has 2 unspecified atom stereocenters. The maximum Gasteiger partial charge on any atom is 0.128 e. The Balaban J connectivity index is 1.85. The first-order valence-electron chi connectivity index (χ1n) is 7.91. The lowest BCUT2D eigenvalue weighted by Gasteiger charge is -2.25. The maximum atomic E-state index is 13.8. The molecule has 0 saturated carbocycles. The van der Waals surface area contributed by atoms with Gasteiger partial charge in [-0.25, -0.2) is 4.39 Å². The summed E-state index contributed by atoms with van der Waals surface area (Å²) in [5, 5.41) is 3.25. The molecular formula is C18H26FNO. The Morgan fingerprint density at radius 3 is 2.86 bits per heavy atom. The molecule has 0 saturated heterocycles. The Morgan fingerprint density at radius 1 is 1.29 bits per heavy atom. The monoisotopic (exact) mass is 291 g/mol. The zero-order valence-electron chi connectivity index (χ0n) is 13.1. The first-order valence-corrected chi connectivity index (χ1v) is 7.91. The van der Waals surface area contributed by atoms with Gasteiger partial charge in [0.25, 0.3) is 0 Å². The summed E-state index contributed by atoms with van der Waals surface area (Å²) in [6.45, 7) is 7.08. The molecular weight excluding hydrogens is 265 g/mol. The Kier molecular flexibility index (Phi) is 6.40. The predicted octanol–water partition coefficient (Wildman–Crippen LogP) is 4.05. The number of halogens is 1. The second kappa shape index (κ2) is 8.30. The Labute approximate surface area is 127 Å². The molecule has 0 aliphatic heterocycles. The lowest BCUT2D eigenvalue weighted by Crippen LogP contribution is -2.19. The van der Waals surface area contributed by atoms with Crippen molar-refractivity contribution >= 4 is 0 Å². The number of nitrogens with one attached hydrogen (secondary N) is 1. The highest BCUT2D eigenvalue weighted by atomic mass is 19.1. The highest BCUT2D eigenvalue weighted by Gasteiger charge is 2.18. The number of benzene rings is 1. The van der Waals surface area contributed by atoms with Crippen LogP contribution in [0.5, 0.6) is 0 Å². The molecule has 1 aromatic rings. The van der Waals surface area contributed by atoms with Gasteiger partial charge in [-0.3, -0.25) is 0 Å². The largest absolute Gasteiger partial charge is 0.376 e. The summed E-state index contributed by atoms with van der Waals surface area (Å²) in [6.07, 6.45) is 6.67. The number of allylic oxidation sites excluding steroid dienone is 2. The first kappa shape index (κ1) is 16.2. The minimum atomic E-state index is -0.174. The summed E-state index contributed by atoms with van der Waals surface area (Å²) in [5.74, 6) is 1.04. The zero-order chi connectivity index (χ0) is 15.1. The SMILES string of the molecule is CCNCc1ccc(F)c(COCC2CC=CCC2C)c1. The van der Waals surface area contributed by atoms with E-state index in [1.807, 2.05) is 12.1 Å². The molecule has 1 aromatic carbocycles. The molecule has 1 aliphatic rings. The van der Waals surface area contributed by atoms with Crippen molar-refractivity contribution in [3.05, 3.63) is 47.3 Å². The molecule has 1 N–H and O–H groups in total. The van der Waals surface area contributed by atoms with Crippen LogP contribution in [0.4, 0.5) is 4.39 Å². The Bertz CT molecular complexity index is 472. The smallest absolute Gasteiger partial charge is 0.128 e. The summed E-state index contributed by atoms with van der Waals surface area (Å²) in [4.78, 5) is 0. The Hall–Kier alpha value is -1.19. The van der Waals surface area contributed by atoms with Crippen LogP contribution in [0.25, 0.3) is 0 Å². The van der Waals surface area contributed by atoms with Crippen LogP contribution in [-0.4, -0.2) is 13.2 Å². The summed E-state index contributed by atoms with van der Waals surface area (Å²) < 4.78 is 19.6. The van der Waals surface area contributed by atoms with E-state index in [2.05, 4.69) is 31.3 Å². The van der Waals surface area contributed by atoms with Crippen molar-refractivity contribution in [1.82, 2.24) is 5.32 Å². The minimum absolute atomic E-state index is 0.174. The molecule has 21 heavy (non-hydrogen) atoms. The molecule has 3 heteroatoms. The van der Waals surface area contributed by atoms with E-state index < -0.39 is 0 Å². The van der Waals surface area contributed by atoms with E-state index >= 15 is 0 Å². The van der Waals surface area contributed by atoms with Crippen LogP contribution in [0.15, 0.2) is 30.4 Å². The van der Waals surface area contributed by atoms with Gasteiger partial charge in [0.2, 0.25) is 0 Å². The third-order valence-electron chi connectivity index (χ3n) is 4.20. The van der Waals surface area contributed by atoms with Crippen molar-refractivity contribution in [3.63, 3.8) is 0 Å². The molecule has 2 rings (SSSR count). The third-order valence-corrected chi connectivity index (χ3v) is 4.20. The fourth-order valence-electron chi connectivity index (χ4n) is 2.68. The van der Waals surface area contributed by atoms with Gasteiger partial charge in [-0.2, -0.15) is 0 Å². The minimum Gasteiger partial charge on any atom is -0.376 e. The van der Waals surface area contributed by atoms with Crippen LogP contribution in [0, 0.1) is 17.7 Å². The van der Waals surface area contributed by atoms with Crippen molar-refractivity contribution in [2.45, 2.75) is 39.8 Å². The molecule has 0 amide bonds. The van der Waals surface area contributed by atoms with Crippen LogP contribution in [0.3, 0.4) is 0 Å². The highest BCUT2D eigenvalue weighted by Crippen LogP contribution is 2.25. The van der Waals surface area contributed by atoms with Gasteiger partial charge in [0.1, 0.15) is 5.82 Å². The average molecular weight is 291 g/mol. The van der Waals surface area contributed by atoms with Gasteiger partial charge in [0, 0.05) is 12.1 Å².